The summed E-state index contributed by atoms with van der Waals surface area (Å²) in [5.74, 6) is -1.90. The maximum absolute atomic E-state index is 13.0. The van der Waals surface area contributed by atoms with Crippen molar-refractivity contribution in [1.29, 1.82) is 0 Å². The molecule has 0 radical (unpaired) electrons. The van der Waals surface area contributed by atoms with Crippen molar-refractivity contribution in [3.63, 3.8) is 0 Å². The molecular weight excluding hydrogens is 260 g/mol. The van der Waals surface area contributed by atoms with Crippen molar-refractivity contribution in [3.8, 4) is 0 Å². The topological polar surface area (TPSA) is 29.1 Å². The fourth-order valence-electron chi connectivity index (χ4n) is 1.80. The monoisotopic (exact) mass is 275 g/mol. The molecule has 0 aliphatic heterocycles. The highest BCUT2D eigenvalue weighted by molar-refractivity contribution is 6.04. The zero-order valence-electron chi connectivity index (χ0n) is 11.3. The zero-order chi connectivity index (χ0) is 14.7. The predicted molar refractivity (Wildman–Crippen MR) is 74.8 cm³/mol. The zero-order valence-corrected chi connectivity index (χ0v) is 11.3. The molecule has 20 heavy (non-hydrogen) atoms. The Morgan fingerprint density at radius 2 is 1.65 bits per heavy atom. The summed E-state index contributed by atoms with van der Waals surface area (Å²) in [4.78, 5) is 12.0. The molecule has 0 bridgehead atoms. The number of carbonyl (C=O) groups excluding carboxylic acids is 1. The smallest absolute Gasteiger partial charge is 0.255 e. The molecule has 1 N–H and O–H groups in total. The minimum absolute atomic E-state index is 0.224. The SMILES string of the molecule is CC(C)c1ccc(C(=O)Nc2ccc(F)c(F)c2)cc1. The number of rotatable bonds is 3. The normalized spacial score (nSPS) is 10.7. The van der Waals surface area contributed by atoms with E-state index in [2.05, 4.69) is 19.2 Å². The van der Waals surface area contributed by atoms with Gasteiger partial charge >= 0.3 is 0 Å². The predicted octanol–water partition coefficient (Wildman–Crippen LogP) is 4.34. The Kier molecular flexibility index (Phi) is 4.13. The number of carbonyl (C=O) groups is 1. The molecule has 0 aromatic heterocycles. The standard InChI is InChI=1S/C16H15F2NO/c1-10(2)11-3-5-12(6-4-11)16(20)19-13-7-8-14(17)15(18)9-13/h3-10H,1-2H3,(H,19,20). The molecular formula is C16H15F2NO. The van der Waals surface area contributed by atoms with Gasteiger partial charge in [-0.3, -0.25) is 4.79 Å². The first kappa shape index (κ1) is 14.2. The van der Waals surface area contributed by atoms with Crippen molar-refractivity contribution < 1.29 is 13.6 Å². The molecule has 0 fully saturated rings. The molecule has 2 nitrogen and oxygen atoms in total. The van der Waals surface area contributed by atoms with E-state index in [1.165, 1.54) is 6.07 Å². The molecule has 0 saturated carbocycles. The quantitative estimate of drug-likeness (QED) is 0.887. The first-order valence-corrected chi connectivity index (χ1v) is 6.33. The van der Waals surface area contributed by atoms with E-state index in [0.29, 0.717) is 11.5 Å². The van der Waals surface area contributed by atoms with Crippen LogP contribution in [0.15, 0.2) is 42.5 Å². The van der Waals surface area contributed by atoms with E-state index < -0.39 is 11.6 Å². The lowest BCUT2D eigenvalue weighted by molar-refractivity contribution is 0.102. The number of anilines is 1. The molecule has 2 aromatic rings. The van der Waals surface area contributed by atoms with Crippen molar-refractivity contribution in [1.82, 2.24) is 0 Å². The van der Waals surface area contributed by atoms with E-state index in [1.807, 2.05) is 12.1 Å². The molecule has 0 atom stereocenters. The Morgan fingerprint density at radius 3 is 2.20 bits per heavy atom. The van der Waals surface area contributed by atoms with Crippen LogP contribution in [0.3, 0.4) is 0 Å². The summed E-state index contributed by atoms with van der Waals surface area (Å²) in [6, 6.07) is 10.4. The average molecular weight is 275 g/mol. The minimum Gasteiger partial charge on any atom is -0.322 e. The van der Waals surface area contributed by atoms with Gasteiger partial charge in [0.2, 0.25) is 0 Å². The van der Waals surface area contributed by atoms with E-state index in [9.17, 15) is 13.6 Å². The van der Waals surface area contributed by atoms with Crippen LogP contribution < -0.4 is 5.32 Å². The van der Waals surface area contributed by atoms with Gasteiger partial charge in [-0.15, -0.1) is 0 Å². The van der Waals surface area contributed by atoms with Gasteiger partial charge in [0.1, 0.15) is 0 Å². The number of hydrogen-bond acceptors (Lipinski definition) is 1. The molecule has 0 spiro atoms. The average Bonchev–Trinajstić information content (AvgIpc) is 2.43. The van der Waals surface area contributed by atoms with Crippen molar-refractivity contribution in [2.24, 2.45) is 0 Å². The lowest BCUT2D eigenvalue weighted by atomic mass is 10.0. The first-order valence-electron chi connectivity index (χ1n) is 6.33. The Balaban J connectivity index is 2.13. The van der Waals surface area contributed by atoms with E-state index in [4.69, 9.17) is 0 Å². The van der Waals surface area contributed by atoms with Crippen LogP contribution >= 0.6 is 0 Å². The summed E-state index contributed by atoms with van der Waals surface area (Å²) in [6.07, 6.45) is 0. The summed E-state index contributed by atoms with van der Waals surface area (Å²) >= 11 is 0. The van der Waals surface area contributed by atoms with Gasteiger partial charge in [0.15, 0.2) is 11.6 Å². The Bertz CT molecular complexity index is 621. The largest absolute Gasteiger partial charge is 0.322 e. The summed E-state index contributed by atoms with van der Waals surface area (Å²) < 4.78 is 25.8. The number of hydrogen-bond donors (Lipinski definition) is 1. The lowest BCUT2D eigenvalue weighted by Gasteiger charge is -2.08. The minimum atomic E-state index is -0.988. The molecule has 0 saturated heterocycles. The second-order valence-corrected chi connectivity index (χ2v) is 4.86. The number of halogens is 2. The Hall–Kier alpha value is -2.23. The summed E-state index contributed by atoms with van der Waals surface area (Å²) in [5, 5.41) is 2.53. The Morgan fingerprint density at radius 1 is 1.00 bits per heavy atom. The maximum atomic E-state index is 13.0. The number of amides is 1. The molecule has 1 amide bonds. The second kappa shape index (κ2) is 5.82. The van der Waals surface area contributed by atoms with Crippen LogP contribution in [0.25, 0.3) is 0 Å². The third kappa shape index (κ3) is 3.20. The van der Waals surface area contributed by atoms with Crippen LogP contribution in [-0.4, -0.2) is 5.91 Å². The first-order chi connectivity index (χ1) is 9.47. The molecule has 0 aliphatic carbocycles. The molecule has 0 unspecified atom stereocenters. The maximum Gasteiger partial charge on any atom is 0.255 e. The van der Waals surface area contributed by atoms with Crippen molar-refractivity contribution in [2.75, 3.05) is 5.32 Å². The van der Waals surface area contributed by atoms with E-state index in [0.717, 1.165) is 17.7 Å². The molecule has 2 rings (SSSR count). The van der Waals surface area contributed by atoms with Crippen LogP contribution in [0.2, 0.25) is 0 Å². The highest BCUT2D eigenvalue weighted by atomic mass is 19.2. The van der Waals surface area contributed by atoms with Gasteiger partial charge in [0.25, 0.3) is 5.91 Å². The van der Waals surface area contributed by atoms with Crippen LogP contribution in [0, 0.1) is 11.6 Å². The van der Waals surface area contributed by atoms with Gasteiger partial charge in [-0.1, -0.05) is 26.0 Å². The van der Waals surface area contributed by atoms with Gasteiger partial charge < -0.3 is 5.32 Å². The van der Waals surface area contributed by atoms with Crippen molar-refractivity contribution in [3.05, 3.63) is 65.2 Å². The van der Waals surface area contributed by atoms with Gasteiger partial charge in [0, 0.05) is 17.3 Å². The van der Waals surface area contributed by atoms with Gasteiger partial charge in [-0.05, 0) is 35.7 Å². The van der Waals surface area contributed by atoms with Crippen LogP contribution in [0.4, 0.5) is 14.5 Å². The highest BCUT2D eigenvalue weighted by Crippen LogP contribution is 2.17. The highest BCUT2D eigenvalue weighted by Gasteiger charge is 2.09. The third-order valence-electron chi connectivity index (χ3n) is 3.02. The summed E-state index contributed by atoms with van der Waals surface area (Å²) in [5.41, 5.74) is 1.83. The van der Waals surface area contributed by atoms with Crippen LogP contribution in [0.1, 0.15) is 35.7 Å². The van der Waals surface area contributed by atoms with Gasteiger partial charge in [-0.25, -0.2) is 8.78 Å². The van der Waals surface area contributed by atoms with Crippen LogP contribution in [0.5, 0.6) is 0 Å². The van der Waals surface area contributed by atoms with Gasteiger partial charge in [-0.2, -0.15) is 0 Å². The molecule has 2 aromatic carbocycles. The molecule has 0 heterocycles. The number of benzene rings is 2. The third-order valence-corrected chi connectivity index (χ3v) is 3.02. The fraction of sp³-hybridized carbons (Fsp3) is 0.188. The fourth-order valence-corrected chi connectivity index (χ4v) is 1.80. The van der Waals surface area contributed by atoms with Crippen molar-refractivity contribution >= 4 is 11.6 Å². The van der Waals surface area contributed by atoms with E-state index in [-0.39, 0.29) is 11.6 Å². The Labute approximate surface area is 116 Å². The van der Waals surface area contributed by atoms with Gasteiger partial charge in [0.05, 0.1) is 0 Å². The molecule has 0 aliphatic rings. The lowest BCUT2D eigenvalue weighted by Crippen LogP contribution is -2.12. The molecule has 104 valence electrons. The van der Waals surface area contributed by atoms with E-state index >= 15 is 0 Å². The molecule has 4 heteroatoms. The summed E-state index contributed by atoms with van der Waals surface area (Å²) in [7, 11) is 0. The summed E-state index contributed by atoms with van der Waals surface area (Å²) in [6.45, 7) is 4.13. The number of nitrogens with one attached hydrogen (secondary N) is 1. The van der Waals surface area contributed by atoms with Crippen LogP contribution in [-0.2, 0) is 0 Å². The van der Waals surface area contributed by atoms with Crippen molar-refractivity contribution in [2.45, 2.75) is 19.8 Å². The van der Waals surface area contributed by atoms with E-state index in [1.54, 1.807) is 12.1 Å². The second-order valence-electron chi connectivity index (χ2n) is 4.86.